The van der Waals surface area contributed by atoms with Crippen LogP contribution < -0.4 is 0 Å². The Balaban J connectivity index is 2.54. The lowest BCUT2D eigenvalue weighted by atomic mass is 9.97. The molecule has 0 spiro atoms. The van der Waals surface area contributed by atoms with E-state index in [9.17, 15) is 0 Å². The zero-order valence-electron chi connectivity index (χ0n) is 9.45. The van der Waals surface area contributed by atoms with Crippen LogP contribution in [0, 0.1) is 6.92 Å². The monoisotopic (exact) mass is 216 g/mol. The topological polar surface area (TPSA) is 0 Å². The molecule has 0 N–H and O–H groups in total. The molecule has 0 saturated heterocycles. The summed E-state index contributed by atoms with van der Waals surface area (Å²) in [4.78, 5) is 1.43. The minimum atomic E-state index is 0.603. The van der Waals surface area contributed by atoms with E-state index >= 15 is 0 Å². The summed E-state index contributed by atoms with van der Waals surface area (Å²) in [5.74, 6) is 0.603. The Kier molecular flexibility index (Phi) is 2.92. The summed E-state index contributed by atoms with van der Waals surface area (Å²) in [6, 6.07) is 10.7. The molecule has 0 nitrogen and oxygen atoms in total. The molecular weight excluding hydrogens is 200 g/mol. The van der Waals surface area contributed by atoms with Gasteiger partial charge in [-0.2, -0.15) is 0 Å². The summed E-state index contributed by atoms with van der Waals surface area (Å²) in [5.41, 5.74) is 4.28. The van der Waals surface area contributed by atoms with Crippen LogP contribution in [0.4, 0.5) is 0 Å². The van der Waals surface area contributed by atoms with Crippen LogP contribution in [0.5, 0.6) is 0 Å². The Bertz CT molecular complexity index is 438. The molecule has 1 heteroatoms. The number of aryl methyl sites for hydroxylation is 1. The van der Waals surface area contributed by atoms with E-state index in [0.29, 0.717) is 5.92 Å². The molecule has 0 fully saturated rings. The van der Waals surface area contributed by atoms with E-state index in [1.165, 1.54) is 21.6 Å². The predicted molar refractivity (Wildman–Crippen MR) is 68.6 cm³/mol. The molecule has 2 aromatic rings. The van der Waals surface area contributed by atoms with Crippen LogP contribution in [0.3, 0.4) is 0 Å². The highest BCUT2D eigenvalue weighted by molar-refractivity contribution is 7.14. The quantitative estimate of drug-likeness (QED) is 0.673. The first-order chi connectivity index (χ1) is 7.20. The highest BCUT2D eigenvalue weighted by atomic mass is 32.1. The highest BCUT2D eigenvalue weighted by Crippen LogP contribution is 2.36. The molecule has 1 aromatic carbocycles. The van der Waals surface area contributed by atoms with Gasteiger partial charge in [0.2, 0.25) is 0 Å². The van der Waals surface area contributed by atoms with Crippen molar-refractivity contribution in [2.45, 2.75) is 26.7 Å². The number of benzene rings is 1. The van der Waals surface area contributed by atoms with E-state index in [1.807, 2.05) is 11.3 Å². The molecule has 78 valence electrons. The van der Waals surface area contributed by atoms with Crippen molar-refractivity contribution < 1.29 is 0 Å². The lowest BCUT2D eigenvalue weighted by molar-refractivity contribution is 0.865. The Hall–Kier alpha value is -1.08. The second-order valence-corrected chi connectivity index (χ2v) is 5.06. The van der Waals surface area contributed by atoms with Crippen LogP contribution in [-0.2, 0) is 0 Å². The van der Waals surface area contributed by atoms with Gasteiger partial charge in [0.25, 0.3) is 0 Å². The Morgan fingerprint density at radius 1 is 1.07 bits per heavy atom. The van der Waals surface area contributed by atoms with E-state index in [2.05, 4.69) is 56.5 Å². The summed E-state index contributed by atoms with van der Waals surface area (Å²) >= 11 is 1.86. The normalized spacial score (nSPS) is 10.9. The lowest BCUT2D eigenvalue weighted by Gasteiger charge is -2.09. The van der Waals surface area contributed by atoms with Crippen molar-refractivity contribution in [1.82, 2.24) is 0 Å². The minimum absolute atomic E-state index is 0.603. The maximum absolute atomic E-state index is 2.27. The van der Waals surface area contributed by atoms with Crippen molar-refractivity contribution in [1.29, 1.82) is 0 Å². The molecule has 1 heterocycles. The predicted octanol–water partition coefficient (Wildman–Crippen LogP) is 4.85. The molecule has 0 atom stereocenters. The summed E-state index contributed by atoms with van der Waals surface area (Å²) in [6.07, 6.45) is 0. The van der Waals surface area contributed by atoms with Gasteiger partial charge in [0.1, 0.15) is 0 Å². The molecule has 0 saturated carbocycles. The molecule has 15 heavy (non-hydrogen) atoms. The van der Waals surface area contributed by atoms with E-state index in [-0.39, 0.29) is 0 Å². The van der Waals surface area contributed by atoms with Crippen molar-refractivity contribution in [3.8, 4) is 10.4 Å². The standard InChI is InChI=1S/C14H16S/c1-10(2)13-11(3)9-15-14(13)12-7-5-4-6-8-12/h4-10H,1-3H3. The van der Waals surface area contributed by atoms with Gasteiger partial charge in [0.05, 0.1) is 0 Å². The Morgan fingerprint density at radius 2 is 1.73 bits per heavy atom. The molecule has 0 amide bonds. The van der Waals surface area contributed by atoms with Gasteiger partial charge in [-0.25, -0.2) is 0 Å². The van der Waals surface area contributed by atoms with Crippen LogP contribution >= 0.6 is 11.3 Å². The first-order valence-electron chi connectivity index (χ1n) is 5.33. The van der Waals surface area contributed by atoms with Crippen molar-refractivity contribution in [3.63, 3.8) is 0 Å². The van der Waals surface area contributed by atoms with E-state index in [1.54, 1.807) is 0 Å². The first-order valence-corrected chi connectivity index (χ1v) is 6.21. The maximum atomic E-state index is 2.27. The zero-order valence-corrected chi connectivity index (χ0v) is 10.3. The third-order valence-electron chi connectivity index (χ3n) is 2.64. The maximum Gasteiger partial charge on any atom is 0.0380 e. The van der Waals surface area contributed by atoms with Crippen molar-refractivity contribution in [2.75, 3.05) is 0 Å². The molecule has 0 radical (unpaired) electrons. The molecule has 2 rings (SSSR count). The molecular formula is C14H16S. The van der Waals surface area contributed by atoms with Gasteiger partial charge in [-0.05, 0) is 34.9 Å². The fourth-order valence-corrected chi connectivity index (χ4v) is 3.20. The van der Waals surface area contributed by atoms with E-state index < -0.39 is 0 Å². The average Bonchev–Trinajstić information content (AvgIpc) is 2.61. The fourth-order valence-electron chi connectivity index (χ4n) is 1.98. The average molecular weight is 216 g/mol. The van der Waals surface area contributed by atoms with Crippen LogP contribution in [-0.4, -0.2) is 0 Å². The van der Waals surface area contributed by atoms with Crippen LogP contribution in [0.2, 0.25) is 0 Å². The van der Waals surface area contributed by atoms with Gasteiger partial charge in [-0.15, -0.1) is 11.3 Å². The molecule has 0 aliphatic heterocycles. The largest absolute Gasteiger partial charge is 0.143 e. The zero-order chi connectivity index (χ0) is 10.8. The molecule has 0 unspecified atom stereocenters. The van der Waals surface area contributed by atoms with E-state index in [0.717, 1.165) is 0 Å². The Labute approximate surface area is 95.6 Å². The van der Waals surface area contributed by atoms with Gasteiger partial charge in [0.15, 0.2) is 0 Å². The molecule has 0 aliphatic rings. The van der Waals surface area contributed by atoms with Crippen molar-refractivity contribution in [2.24, 2.45) is 0 Å². The second-order valence-electron chi connectivity index (χ2n) is 4.18. The van der Waals surface area contributed by atoms with Gasteiger partial charge < -0.3 is 0 Å². The van der Waals surface area contributed by atoms with Gasteiger partial charge in [-0.1, -0.05) is 44.2 Å². The SMILES string of the molecule is Cc1csc(-c2ccccc2)c1C(C)C. The fraction of sp³-hybridized carbons (Fsp3) is 0.286. The summed E-state index contributed by atoms with van der Waals surface area (Å²) in [7, 11) is 0. The summed E-state index contributed by atoms with van der Waals surface area (Å²) in [5, 5.41) is 2.26. The minimum Gasteiger partial charge on any atom is -0.143 e. The molecule has 1 aromatic heterocycles. The van der Waals surface area contributed by atoms with Gasteiger partial charge in [0, 0.05) is 4.88 Å². The number of thiophene rings is 1. The first kappa shape index (κ1) is 10.4. The molecule has 0 aliphatic carbocycles. The number of rotatable bonds is 2. The number of hydrogen-bond donors (Lipinski definition) is 0. The van der Waals surface area contributed by atoms with Crippen molar-refractivity contribution in [3.05, 3.63) is 46.8 Å². The van der Waals surface area contributed by atoms with Crippen LogP contribution in [0.25, 0.3) is 10.4 Å². The summed E-state index contributed by atoms with van der Waals surface area (Å²) in [6.45, 7) is 6.74. The van der Waals surface area contributed by atoms with Gasteiger partial charge >= 0.3 is 0 Å². The lowest BCUT2D eigenvalue weighted by Crippen LogP contribution is -1.89. The molecule has 0 bridgehead atoms. The second kappa shape index (κ2) is 4.19. The van der Waals surface area contributed by atoms with Gasteiger partial charge in [-0.3, -0.25) is 0 Å². The van der Waals surface area contributed by atoms with E-state index in [4.69, 9.17) is 0 Å². The third-order valence-corrected chi connectivity index (χ3v) is 3.80. The Morgan fingerprint density at radius 3 is 2.33 bits per heavy atom. The van der Waals surface area contributed by atoms with Crippen LogP contribution in [0.1, 0.15) is 30.9 Å². The van der Waals surface area contributed by atoms with Crippen LogP contribution in [0.15, 0.2) is 35.7 Å². The third kappa shape index (κ3) is 1.98. The van der Waals surface area contributed by atoms with Crippen molar-refractivity contribution >= 4 is 11.3 Å². The number of hydrogen-bond acceptors (Lipinski definition) is 1. The smallest absolute Gasteiger partial charge is 0.0380 e. The summed E-state index contributed by atoms with van der Waals surface area (Å²) < 4.78 is 0. The highest BCUT2D eigenvalue weighted by Gasteiger charge is 2.12.